The van der Waals surface area contributed by atoms with Crippen LogP contribution in [0.25, 0.3) is 0 Å². The van der Waals surface area contributed by atoms with Crippen molar-refractivity contribution in [3.63, 3.8) is 0 Å². The molecule has 0 radical (unpaired) electrons. The van der Waals surface area contributed by atoms with Crippen LogP contribution in [-0.2, 0) is 0 Å². The third-order valence-electron chi connectivity index (χ3n) is 2.23. The molecule has 0 aromatic carbocycles. The van der Waals surface area contributed by atoms with Crippen LogP contribution in [0.3, 0.4) is 0 Å². The normalized spacial score (nSPS) is 12.1. The molecule has 1 unspecified atom stereocenters. The monoisotopic (exact) mass is 280 g/mol. The second-order valence-corrected chi connectivity index (χ2v) is 4.81. The second-order valence-electron chi connectivity index (χ2n) is 3.88. The van der Waals surface area contributed by atoms with Crippen molar-refractivity contribution < 1.29 is 4.74 Å². The quantitative estimate of drug-likeness (QED) is 0.833. The Hall–Kier alpha value is -1.96. The van der Waals surface area contributed by atoms with E-state index in [2.05, 4.69) is 25.3 Å². The molecule has 2 rings (SSSR count). The highest BCUT2D eigenvalue weighted by Gasteiger charge is 2.11. The number of hydrogen-bond donors (Lipinski definition) is 2. The van der Waals surface area contributed by atoms with Gasteiger partial charge in [-0.15, -0.1) is 11.3 Å². The van der Waals surface area contributed by atoms with E-state index >= 15 is 0 Å². The Labute approximate surface area is 115 Å². The minimum Gasteiger partial charge on any atom is -0.463 e. The Morgan fingerprint density at radius 1 is 1.42 bits per heavy atom. The van der Waals surface area contributed by atoms with Gasteiger partial charge in [0.2, 0.25) is 11.9 Å². The van der Waals surface area contributed by atoms with Crippen LogP contribution in [0.1, 0.15) is 31.3 Å². The van der Waals surface area contributed by atoms with Crippen molar-refractivity contribution in [2.24, 2.45) is 0 Å². The number of ether oxygens (including phenoxy) is 1. The van der Waals surface area contributed by atoms with Crippen LogP contribution >= 0.6 is 11.3 Å². The standard InChI is InChI=1S/C11H16N6OS/c1-3-5-18-11-16-9(12)15-10(17-11)14-7(2)8-13-4-6-19-8/h4,6-7H,3,5H2,1-2H3,(H3,12,14,15,16,17). The Morgan fingerprint density at radius 2 is 2.26 bits per heavy atom. The third-order valence-corrected chi connectivity index (χ3v) is 3.19. The SMILES string of the molecule is CCCOc1nc(N)nc(NC(C)c2nccs2)n1. The molecule has 102 valence electrons. The van der Waals surface area contributed by atoms with Gasteiger partial charge in [0, 0.05) is 11.6 Å². The van der Waals surface area contributed by atoms with E-state index in [0.717, 1.165) is 11.4 Å². The first-order chi connectivity index (χ1) is 9.19. The average molecular weight is 280 g/mol. The minimum absolute atomic E-state index is 0.000764. The van der Waals surface area contributed by atoms with Gasteiger partial charge >= 0.3 is 6.01 Å². The van der Waals surface area contributed by atoms with Gasteiger partial charge in [-0.1, -0.05) is 6.92 Å². The van der Waals surface area contributed by atoms with E-state index in [-0.39, 0.29) is 18.0 Å². The molecular formula is C11H16N6OS. The predicted molar refractivity (Wildman–Crippen MR) is 74.2 cm³/mol. The highest BCUT2D eigenvalue weighted by atomic mass is 32.1. The average Bonchev–Trinajstić information content (AvgIpc) is 2.89. The summed E-state index contributed by atoms with van der Waals surface area (Å²) in [4.78, 5) is 16.3. The van der Waals surface area contributed by atoms with Gasteiger partial charge in [0.15, 0.2) is 0 Å². The number of nitrogen functional groups attached to an aromatic ring is 1. The number of nitrogens with two attached hydrogens (primary N) is 1. The van der Waals surface area contributed by atoms with Crippen LogP contribution < -0.4 is 15.8 Å². The molecule has 0 spiro atoms. The number of nitrogens with zero attached hydrogens (tertiary/aromatic N) is 4. The number of anilines is 2. The van der Waals surface area contributed by atoms with Crippen LogP contribution in [0.5, 0.6) is 6.01 Å². The fourth-order valence-corrected chi connectivity index (χ4v) is 2.04. The van der Waals surface area contributed by atoms with E-state index in [1.807, 2.05) is 19.2 Å². The van der Waals surface area contributed by atoms with E-state index in [1.165, 1.54) is 0 Å². The van der Waals surface area contributed by atoms with E-state index in [4.69, 9.17) is 10.5 Å². The minimum atomic E-state index is 0.000764. The summed E-state index contributed by atoms with van der Waals surface area (Å²) < 4.78 is 5.35. The zero-order valence-electron chi connectivity index (χ0n) is 10.8. The van der Waals surface area contributed by atoms with Crippen molar-refractivity contribution in [1.82, 2.24) is 19.9 Å². The third kappa shape index (κ3) is 3.75. The summed E-state index contributed by atoms with van der Waals surface area (Å²) in [6, 6.07) is 0.240. The molecule has 2 aromatic heterocycles. The number of nitrogens with one attached hydrogen (secondary N) is 1. The Morgan fingerprint density at radius 3 is 2.95 bits per heavy atom. The molecule has 2 heterocycles. The zero-order chi connectivity index (χ0) is 13.7. The Bertz CT molecular complexity index is 518. The molecule has 7 nitrogen and oxygen atoms in total. The van der Waals surface area contributed by atoms with E-state index in [1.54, 1.807) is 17.5 Å². The van der Waals surface area contributed by atoms with Gasteiger partial charge in [0.25, 0.3) is 0 Å². The number of thiazole rings is 1. The van der Waals surface area contributed by atoms with E-state index < -0.39 is 0 Å². The van der Waals surface area contributed by atoms with Crippen molar-refractivity contribution >= 4 is 23.2 Å². The van der Waals surface area contributed by atoms with Gasteiger partial charge in [0.05, 0.1) is 12.6 Å². The molecule has 19 heavy (non-hydrogen) atoms. The van der Waals surface area contributed by atoms with Crippen molar-refractivity contribution in [3.05, 3.63) is 16.6 Å². The molecule has 0 amide bonds. The summed E-state index contributed by atoms with van der Waals surface area (Å²) in [5.41, 5.74) is 5.63. The smallest absolute Gasteiger partial charge is 0.323 e. The number of rotatable bonds is 6. The van der Waals surface area contributed by atoms with Crippen molar-refractivity contribution in [2.75, 3.05) is 17.7 Å². The highest BCUT2D eigenvalue weighted by Crippen LogP contribution is 2.19. The highest BCUT2D eigenvalue weighted by molar-refractivity contribution is 7.09. The molecule has 0 aliphatic rings. The number of hydrogen-bond acceptors (Lipinski definition) is 8. The lowest BCUT2D eigenvalue weighted by atomic mass is 10.4. The van der Waals surface area contributed by atoms with Crippen molar-refractivity contribution in [1.29, 1.82) is 0 Å². The van der Waals surface area contributed by atoms with Gasteiger partial charge in [-0.2, -0.15) is 15.0 Å². The van der Waals surface area contributed by atoms with Gasteiger partial charge in [-0.3, -0.25) is 0 Å². The maximum absolute atomic E-state index is 5.63. The summed E-state index contributed by atoms with van der Waals surface area (Å²) in [6.45, 7) is 4.53. The first-order valence-corrected chi connectivity index (χ1v) is 6.87. The van der Waals surface area contributed by atoms with E-state index in [0.29, 0.717) is 12.6 Å². The lowest BCUT2D eigenvalue weighted by Gasteiger charge is -2.12. The summed E-state index contributed by atoms with van der Waals surface area (Å²) in [6.07, 6.45) is 2.64. The summed E-state index contributed by atoms with van der Waals surface area (Å²) in [5.74, 6) is 0.524. The van der Waals surface area contributed by atoms with Gasteiger partial charge in [-0.05, 0) is 13.3 Å². The van der Waals surface area contributed by atoms with Crippen LogP contribution in [0.15, 0.2) is 11.6 Å². The Kier molecular flexibility index (Phi) is 4.45. The molecule has 0 aliphatic carbocycles. The maximum Gasteiger partial charge on any atom is 0.323 e. The summed E-state index contributed by atoms with van der Waals surface area (Å²) in [5, 5.41) is 6.00. The molecule has 2 aromatic rings. The van der Waals surface area contributed by atoms with Gasteiger partial charge in [-0.25, -0.2) is 4.98 Å². The van der Waals surface area contributed by atoms with Gasteiger partial charge < -0.3 is 15.8 Å². The predicted octanol–water partition coefficient (Wildman–Crippen LogP) is 1.87. The summed E-state index contributed by atoms with van der Waals surface area (Å²) in [7, 11) is 0. The van der Waals surface area contributed by atoms with Crippen molar-refractivity contribution in [3.8, 4) is 6.01 Å². The molecule has 0 bridgehead atoms. The molecule has 3 N–H and O–H groups in total. The molecule has 0 saturated heterocycles. The largest absolute Gasteiger partial charge is 0.463 e. The number of aromatic nitrogens is 4. The second kappa shape index (κ2) is 6.28. The van der Waals surface area contributed by atoms with Crippen LogP contribution in [0, 0.1) is 0 Å². The lowest BCUT2D eigenvalue weighted by Crippen LogP contribution is -2.12. The fraction of sp³-hybridized carbons (Fsp3) is 0.455. The van der Waals surface area contributed by atoms with Crippen molar-refractivity contribution in [2.45, 2.75) is 26.3 Å². The molecule has 0 fully saturated rings. The molecule has 1 atom stereocenters. The molecule has 0 saturated carbocycles. The van der Waals surface area contributed by atoms with Crippen LogP contribution in [0.2, 0.25) is 0 Å². The topological polar surface area (TPSA) is 98.8 Å². The first-order valence-electron chi connectivity index (χ1n) is 5.99. The van der Waals surface area contributed by atoms with E-state index in [9.17, 15) is 0 Å². The molecule has 0 aliphatic heterocycles. The maximum atomic E-state index is 5.63. The fourth-order valence-electron chi connectivity index (χ4n) is 1.40. The molecule has 8 heteroatoms. The lowest BCUT2D eigenvalue weighted by molar-refractivity contribution is 0.292. The van der Waals surface area contributed by atoms with Gasteiger partial charge in [0.1, 0.15) is 5.01 Å². The zero-order valence-corrected chi connectivity index (χ0v) is 11.6. The van der Waals surface area contributed by atoms with Crippen LogP contribution in [-0.4, -0.2) is 26.5 Å². The van der Waals surface area contributed by atoms with Crippen LogP contribution in [0.4, 0.5) is 11.9 Å². The Balaban J connectivity index is 2.09. The molecular weight excluding hydrogens is 264 g/mol. The first kappa shape index (κ1) is 13.5. The summed E-state index contributed by atoms with van der Waals surface area (Å²) >= 11 is 1.57.